The zero-order valence-corrected chi connectivity index (χ0v) is 15.5. The number of hydrogen-bond donors (Lipinski definition) is 3. The Balaban J connectivity index is 1.49. The van der Waals surface area contributed by atoms with Crippen molar-refractivity contribution >= 4 is 10.9 Å². The lowest BCUT2D eigenvalue weighted by Crippen LogP contribution is -2.54. The third-order valence-electron chi connectivity index (χ3n) is 5.45. The Morgan fingerprint density at radius 3 is 2.46 bits per heavy atom. The number of ether oxygens (including phenoxy) is 1. The average molecular weight is 388 g/mol. The second-order valence-electron chi connectivity index (χ2n) is 7.14. The van der Waals surface area contributed by atoms with Gasteiger partial charge in [0, 0.05) is 17.6 Å². The van der Waals surface area contributed by atoms with Gasteiger partial charge in [-0.25, -0.2) is 21.9 Å². The average Bonchev–Trinajstić information content (AvgIpc) is 2.61. The van der Waals surface area contributed by atoms with Crippen LogP contribution in [0.1, 0.15) is 50.0 Å². The minimum atomic E-state index is -2.63. The van der Waals surface area contributed by atoms with Gasteiger partial charge < -0.3 is 10.1 Å². The van der Waals surface area contributed by atoms with Crippen molar-refractivity contribution in [2.75, 3.05) is 13.2 Å². The molecule has 2 N–H and O–H groups in total. The summed E-state index contributed by atoms with van der Waals surface area (Å²) in [6, 6.07) is 3.82. The van der Waals surface area contributed by atoms with Gasteiger partial charge >= 0.3 is 0 Å². The molecule has 2 fully saturated rings. The molecule has 0 aromatic heterocycles. The molecule has 1 heterocycles. The van der Waals surface area contributed by atoms with Crippen LogP contribution in [0.3, 0.4) is 0 Å². The smallest absolute Gasteiger partial charge is 0.201 e. The molecule has 2 atom stereocenters. The van der Waals surface area contributed by atoms with E-state index in [-0.39, 0.29) is 29.7 Å². The molecule has 1 aliphatic heterocycles. The first kappa shape index (κ1) is 19.7. The molecule has 0 spiro atoms. The van der Waals surface area contributed by atoms with Gasteiger partial charge in [0.1, 0.15) is 11.6 Å². The molecule has 8 heteroatoms. The highest BCUT2D eigenvalue weighted by Gasteiger charge is 2.29. The molecule has 1 aromatic rings. The first-order valence-corrected chi connectivity index (χ1v) is 10.4. The summed E-state index contributed by atoms with van der Waals surface area (Å²) in [5.41, 5.74) is 0.198. The van der Waals surface area contributed by atoms with Crippen LogP contribution in [-0.2, 0) is 15.6 Å². The van der Waals surface area contributed by atoms with Gasteiger partial charge in [0.25, 0.3) is 0 Å². The largest absolute Gasteiger partial charge is 0.377 e. The van der Waals surface area contributed by atoms with Gasteiger partial charge in [-0.2, -0.15) is 0 Å². The van der Waals surface area contributed by atoms with Crippen molar-refractivity contribution in [3.05, 3.63) is 35.4 Å². The number of hydrogen-bond acceptors (Lipinski definition) is 4. The van der Waals surface area contributed by atoms with Crippen LogP contribution in [0.25, 0.3) is 0 Å². The van der Waals surface area contributed by atoms with Gasteiger partial charge in [-0.05, 0) is 63.1 Å². The van der Waals surface area contributed by atoms with Crippen molar-refractivity contribution in [2.45, 2.75) is 62.6 Å². The van der Waals surface area contributed by atoms with E-state index < -0.39 is 22.5 Å². The Labute approximate surface area is 154 Å². The molecule has 1 saturated heterocycles. The minimum absolute atomic E-state index is 0.0432. The van der Waals surface area contributed by atoms with Crippen LogP contribution >= 0.6 is 0 Å². The minimum Gasteiger partial charge on any atom is -0.377 e. The van der Waals surface area contributed by atoms with Crippen LogP contribution in [0.4, 0.5) is 8.78 Å². The van der Waals surface area contributed by atoms with Crippen LogP contribution in [-0.4, -0.2) is 39.8 Å². The lowest BCUT2D eigenvalue weighted by Gasteiger charge is -2.34. The van der Waals surface area contributed by atoms with E-state index in [4.69, 9.17) is 4.74 Å². The number of halogens is 2. The van der Waals surface area contributed by atoms with Gasteiger partial charge in [0.05, 0.1) is 12.7 Å². The molecule has 0 amide bonds. The lowest BCUT2D eigenvalue weighted by molar-refractivity contribution is 0.00493. The van der Waals surface area contributed by atoms with Crippen molar-refractivity contribution in [2.24, 2.45) is 0 Å². The van der Waals surface area contributed by atoms with E-state index in [1.165, 1.54) is 18.2 Å². The summed E-state index contributed by atoms with van der Waals surface area (Å²) in [4.78, 5) is 0. The number of thiol groups is 1. The second-order valence-corrected chi connectivity index (χ2v) is 7.91. The number of piperidine rings is 1. The standard InChI is InChI=1S/C18H26F2N2O3S/c19-14-3-1-4-15(20)18(14)12-6-8-13(9-7-12)25-11-17-16(22-26(23)24)5-2-10-21-17/h1,3-4,12-13,16-17,21,26H,2,5-11H2,(H,22,23,24)/t12-,13+,16-,17-/m1/s1. The van der Waals surface area contributed by atoms with E-state index >= 15 is 0 Å². The number of benzene rings is 1. The molecule has 3 rings (SSSR count). The van der Waals surface area contributed by atoms with E-state index in [0.717, 1.165) is 32.2 Å². The third kappa shape index (κ3) is 5.00. The fourth-order valence-corrected chi connectivity index (χ4v) is 4.66. The maximum absolute atomic E-state index is 13.9. The van der Waals surface area contributed by atoms with Crippen LogP contribution in [0.2, 0.25) is 0 Å². The Bertz CT molecular complexity index is 650. The molecule has 0 radical (unpaired) electrons. The highest BCUT2D eigenvalue weighted by Crippen LogP contribution is 2.36. The maximum atomic E-state index is 13.9. The fourth-order valence-electron chi connectivity index (χ4n) is 4.08. The topological polar surface area (TPSA) is 67.4 Å². The van der Waals surface area contributed by atoms with E-state index in [1.54, 1.807) is 0 Å². The van der Waals surface area contributed by atoms with Crippen LogP contribution in [0.15, 0.2) is 18.2 Å². The SMILES string of the molecule is O=[SH](=O)N[C@@H]1CCCN[C@@H]1CO[C@H]1CC[C@@H](c2c(F)cccc2F)CC1. The summed E-state index contributed by atoms with van der Waals surface area (Å²) in [6.07, 6.45) is 4.65. The molecule has 5 nitrogen and oxygen atoms in total. The zero-order chi connectivity index (χ0) is 18.5. The first-order valence-electron chi connectivity index (χ1n) is 9.24. The normalized spacial score (nSPS) is 29.8. The molecule has 0 bridgehead atoms. The molecule has 1 aromatic carbocycles. The molecule has 1 saturated carbocycles. The summed E-state index contributed by atoms with van der Waals surface area (Å²) in [5.74, 6) is -1.05. The highest BCUT2D eigenvalue weighted by atomic mass is 32.2. The summed E-state index contributed by atoms with van der Waals surface area (Å²) < 4.78 is 58.3. The Hall–Kier alpha value is -1.09. The van der Waals surface area contributed by atoms with Crippen LogP contribution in [0, 0.1) is 11.6 Å². The quantitative estimate of drug-likeness (QED) is 0.654. The van der Waals surface area contributed by atoms with E-state index in [1.807, 2.05) is 0 Å². The molecular formula is C18H26F2N2O3S. The summed E-state index contributed by atoms with van der Waals surface area (Å²) >= 11 is 0. The molecule has 1 aliphatic carbocycles. The van der Waals surface area contributed by atoms with E-state index in [2.05, 4.69) is 10.0 Å². The van der Waals surface area contributed by atoms with Crippen LogP contribution < -0.4 is 10.0 Å². The van der Waals surface area contributed by atoms with Gasteiger partial charge in [0.2, 0.25) is 10.9 Å². The zero-order valence-electron chi connectivity index (χ0n) is 14.6. The van der Waals surface area contributed by atoms with Crippen molar-refractivity contribution in [3.63, 3.8) is 0 Å². The number of nitrogens with one attached hydrogen (secondary N) is 2. The molecular weight excluding hydrogens is 362 g/mol. The third-order valence-corrected chi connectivity index (χ3v) is 5.99. The highest BCUT2D eigenvalue weighted by molar-refractivity contribution is 7.70. The monoisotopic (exact) mass is 388 g/mol. The van der Waals surface area contributed by atoms with Crippen molar-refractivity contribution in [1.29, 1.82) is 0 Å². The molecule has 2 aliphatic rings. The summed E-state index contributed by atoms with van der Waals surface area (Å²) in [7, 11) is -2.63. The Morgan fingerprint density at radius 2 is 1.81 bits per heavy atom. The predicted molar refractivity (Wildman–Crippen MR) is 95.6 cm³/mol. The van der Waals surface area contributed by atoms with Crippen molar-refractivity contribution in [3.8, 4) is 0 Å². The van der Waals surface area contributed by atoms with Crippen molar-refractivity contribution in [1.82, 2.24) is 10.0 Å². The summed E-state index contributed by atoms with van der Waals surface area (Å²) in [6.45, 7) is 1.28. The molecule has 146 valence electrons. The van der Waals surface area contributed by atoms with Gasteiger partial charge in [-0.1, -0.05) is 6.07 Å². The Kier molecular flexibility index (Phi) is 6.97. The predicted octanol–water partition coefficient (Wildman–Crippen LogP) is 2.24. The van der Waals surface area contributed by atoms with E-state index in [9.17, 15) is 17.2 Å². The lowest BCUT2D eigenvalue weighted by atomic mass is 9.82. The molecule has 26 heavy (non-hydrogen) atoms. The van der Waals surface area contributed by atoms with Crippen LogP contribution in [0.5, 0.6) is 0 Å². The van der Waals surface area contributed by atoms with Gasteiger partial charge in [0.15, 0.2) is 0 Å². The van der Waals surface area contributed by atoms with Crippen molar-refractivity contribution < 1.29 is 21.9 Å². The van der Waals surface area contributed by atoms with Gasteiger partial charge in [-0.3, -0.25) is 0 Å². The molecule has 0 unspecified atom stereocenters. The first-order chi connectivity index (χ1) is 12.5. The summed E-state index contributed by atoms with van der Waals surface area (Å²) in [5, 5.41) is 3.31. The Morgan fingerprint density at radius 1 is 1.12 bits per heavy atom. The fraction of sp³-hybridized carbons (Fsp3) is 0.667. The maximum Gasteiger partial charge on any atom is 0.201 e. The number of rotatable bonds is 6. The van der Waals surface area contributed by atoms with E-state index in [0.29, 0.717) is 19.4 Å². The second kappa shape index (κ2) is 9.21. The van der Waals surface area contributed by atoms with Gasteiger partial charge in [-0.15, -0.1) is 0 Å².